The molecule has 2 fully saturated rings. The molecule has 3 aliphatic heterocycles. The zero-order chi connectivity index (χ0) is 22.9. The average Bonchev–Trinajstić information content (AvgIpc) is 2.83. The Morgan fingerprint density at radius 1 is 1.06 bits per heavy atom. The lowest BCUT2D eigenvalue weighted by molar-refractivity contribution is -0.147. The van der Waals surface area contributed by atoms with Crippen LogP contribution in [0.2, 0.25) is 0 Å². The van der Waals surface area contributed by atoms with Crippen LogP contribution in [0.15, 0.2) is 48.5 Å². The third kappa shape index (κ3) is 4.29. The van der Waals surface area contributed by atoms with Crippen molar-refractivity contribution >= 4 is 23.4 Å². The van der Waals surface area contributed by atoms with E-state index in [0.29, 0.717) is 18.0 Å². The standard InChI is InChI=1S/C24H27N5O4/c1-33-17-8-6-16(7-9-17)25-22(31)18-12-19(30)26-21-20(18)23(32)28-24(27-21)29-11-10-14-4-2-3-5-15(14)13-29/h2-9,18,20-21,24,27H,10-13H2,1H3,(H,25,31)(H,26,30)(H,28,32). The molecular formula is C24H27N5O4. The Bertz CT molecular complexity index is 1070. The van der Waals surface area contributed by atoms with Crippen molar-refractivity contribution in [1.29, 1.82) is 0 Å². The minimum absolute atomic E-state index is 0.0417. The highest BCUT2D eigenvalue weighted by Crippen LogP contribution is 2.29. The van der Waals surface area contributed by atoms with Crippen molar-refractivity contribution in [2.45, 2.75) is 31.8 Å². The van der Waals surface area contributed by atoms with Gasteiger partial charge >= 0.3 is 0 Å². The monoisotopic (exact) mass is 449 g/mol. The van der Waals surface area contributed by atoms with Gasteiger partial charge < -0.3 is 20.7 Å². The Labute approximate surface area is 191 Å². The molecule has 172 valence electrons. The number of fused-ring (bicyclic) bond motifs is 2. The van der Waals surface area contributed by atoms with Gasteiger partial charge in [-0.05, 0) is 41.8 Å². The van der Waals surface area contributed by atoms with Crippen molar-refractivity contribution in [3.63, 3.8) is 0 Å². The molecule has 0 aliphatic carbocycles. The van der Waals surface area contributed by atoms with E-state index in [0.717, 1.165) is 13.0 Å². The van der Waals surface area contributed by atoms with E-state index < -0.39 is 24.3 Å². The number of anilines is 1. The number of piperidine rings is 1. The van der Waals surface area contributed by atoms with E-state index in [2.05, 4.69) is 38.3 Å². The summed E-state index contributed by atoms with van der Waals surface area (Å²) in [5.41, 5.74) is 3.12. The first-order valence-corrected chi connectivity index (χ1v) is 11.1. The summed E-state index contributed by atoms with van der Waals surface area (Å²) in [5, 5.41) is 12.1. The van der Waals surface area contributed by atoms with Crippen molar-refractivity contribution in [2.75, 3.05) is 19.0 Å². The lowest BCUT2D eigenvalue weighted by Gasteiger charge is -2.47. The fourth-order valence-electron chi connectivity index (χ4n) is 4.90. The summed E-state index contributed by atoms with van der Waals surface area (Å²) >= 11 is 0. The van der Waals surface area contributed by atoms with E-state index in [4.69, 9.17) is 4.74 Å². The Kier molecular flexibility index (Phi) is 5.74. The Morgan fingerprint density at radius 3 is 2.58 bits per heavy atom. The first kappa shape index (κ1) is 21.4. The maximum atomic E-state index is 13.2. The molecule has 33 heavy (non-hydrogen) atoms. The molecule has 4 atom stereocenters. The summed E-state index contributed by atoms with van der Waals surface area (Å²) in [6.45, 7) is 1.47. The van der Waals surface area contributed by atoms with Gasteiger partial charge in [-0.2, -0.15) is 0 Å². The topological polar surface area (TPSA) is 112 Å². The van der Waals surface area contributed by atoms with Crippen molar-refractivity contribution < 1.29 is 19.1 Å². The third-order valence-electron chi connectivity index (χ3n) is 6.65. The van der Waals surface area contributed by atoms with Gasteiger partial charge in [-0.15, -0.1) is 0 Å². The van der Waals surface area contributed by atoms with Gasteiger partial charge in [0.25, 0.3) is 0 Å². The summed E-state index contributed by atoms with van der Waals surface area (Å²) < 4.78 is 5.14. The maximum Gasteiger partial charge on any atom is 0.229 e. The summed E-state index contributed by atoms with van der Waals surface area (Å²) in [6, 6.07) is 15.2. The highest BCUT2D eigenvalue weighted by Gasteiger charge is 2.49. The van der Waals surface area contributed by atoms with Crippen molar-refractivity contribution in [3.8, 4) is 5.75 Å². The molecule has 4 N–H and O–H groups in total. The summed E-state index contributed by atoms with van der Waals surface area (Å²) in [4.78, 5) is 40.8. The largest absolute Gasteiger partial charge is 0.497 e. The van der Waals surface area contributed by atoms with Crippen LogP contribution in [0.1, 0.15) is 17.5 Å². The predicted octanol–water partition coefficient (Wildman–Crippen LogP) is 0.773. The van der Waals surface area contributed by atoms with Crippen LogP contribution in [0, 0.1) is 11.8 Å². The van der Waals surface area contributed by atoms with Crippen LogP contribution in [-0.4, -0.2) is 48.7 Å². The number of hydrogen-bond donors (Lipinski definition) is 4. The fraction of sp³-hybridized carbons (Fsp3) is 0.375. The first-order chi connectivity index (χ1) is 16.0. The molecule has 5 rings (SSSR count). The zero-order valence-corrected chi connectivity index (χ0v) is 18.3. The normalized spacial score (nSPS) is 26.9. The number of carbonyl (C=O) groups is 3. The maximum absolute atomic E-state index is 13.2. The minimum Gasteiger partial charge on any atom is -0.497 e. The molecule has 3 heterocycles. The number of carbonyl (C=O) groups excluding carboxylic acids is 3. The van der Waals surface area contributed by atoms with Gasteiger partial charge in [-0.25, -0.2) is 0 Å². The molecule has 0 saturated carbocycles. The third-order valence-corrected chi connectivity index (χ3v) is 6.65. The van der Waals surface area contributed by atoms with Crippen molar-refractivity contribution in [2.24, 2.45) is 11.8 Å². The van der Waals surface area contributed by atoms with Crippen LogP contribution in [0.4, 0.5) is 5.69 Å². The second-order valence-electron chi connectivity index (χ2n) is 8.67. The van der Waals surface area contributed by atoms with E-state index in [1.165, 1.54) is 11.1 Å². The van der Waals surface area contributed by atoms with Crippen LogP contribution >= 0.6 is 0 Å². The molecule has 3 aliphatic rings. The summed E-state index contributed by atoms with van der Waals surface area (Å²) in [7, 11) is 1.57. The number of ether oxygens (including phenoxy) is 1. The van der Waals surface area contributed by atoms with Gasteiger partial charge in [0.05, 0.1) is 25.1 Å². The van der Waals surface area contributed by atoms with Crippen LogP contribution < -0.4 is 26.0 Å². The smallest absolute Gasteiger partial charge is 0.229 e. The first-order valence-electron chi connectivity index (χ1n) is 11.1. The number of rotatable bonds is 4. The molecular weight excluding hydrogens is 422 g/mol. The average molecular weight is 450 g/mol. The lowest BCUT2D eigenvalue weighted by Crippen LogP contribution is -2.74. The lowest BCUT2D eigenvalue weighted by atomic mass is 9.81. The molecule has 0 bridgehead atoms. The Morgan fingerprint density at radius 2 is 1.82 bits per heavy atom. The molecule has 0 spiro atoms. The minimum atomic E-state index is -0.776. The molecule has 4 unspecified atom stereocenters. The number of benzene rings is 2. The summed E-state index contributed by atoms with van der Waals surface area (Å²) in [6.07, 6.45) is -0.193. The van der Waals surface area contributed by atoms with Crippen LogP contribution in [0.25, 0.3) is 0 Å². The molecule has 2 saturated heterocycles. The van der Waals surface area contributed by atoms with Crippen LogP contribution in [0.5, 0.6) is 5.75 Å². The van der Waals surface area contributed by atoms with Gasteiger partial charge in [-0.1, -0.05) is 24.3 Å². The van der Waals surface area contributed by atoms with Gasteiger partial charge in [0.2, 0.25) is 17.7 Å². The fourth-order valence-corrected chi connectivity index (χ4v) is 4.90. The van der Waals surface area contributed by atoms with E-state index >= 15 is 0 Å². The van der Waals surface area contributed by atoms with Crippen molar-refractivity contribution in [1.82, 2.24) is 20.9 Å². The highest BCUT2D eigenvalue weighted by molar-refractivity contribution is 6.00. The van der Waals surface area contributed by atoms with Gasteiger partial charge in [-0.3, -0.25) is 24.6 Å². The molecule has 9 heteroatoms. The SMILES string of the molecule is COc1ccc(NC(=O)C2CC(=O)NC3NC(N4CCc5ccccc5C4)NC(=O)C32)cc1. The number of hydrogen-bond acceptors (Lipinski definition) is 6. The zero-order valence-electron chi connectivity index (χ0n) is 18.3. The van der Waals surface area contributed by atoms with Gasteiger partial charge in [0, 0.05) is 25.2 Å². The van der Waals surface area contributed by atoms with Gasteiger partial charge in [0.1, 0.15) is 12.0 Å². The predicted molar refractivity (Wildman–Crippen MR) is 121 cm³/mol. The van der Waals surface area contributed by atoms with E-state index in [-0.39, 0.29) is 24.1 Å². The number of methoxy groups -OCH3 is 1. The van der Waals surface area contributed by atoms with E-state index in [1.807, 2.05) is 12.1 Å². The number of nitrogens with zero attached hydrogens (tertiary/aromatic N) is 1. The van der Waals surface area contributed by atoms with Gasteiger partial charge in [0.15, 0.2) is 0 Å². The van der Waals surface area contributed by atoms with Crippen molar-refractivity contribution in [3.05, 3.63) is 59.7 Å². The van der Waals surface area contributed by atoms with E-state index in [1.54, 1.807) is 31.4 Å². The molecule has 9 nitrogen and oxygen atoms in total. The molecule has 2 aromatic rings. The second kappa shape index (κ2) is 8.84. The van der Waals surface area contributed by atoms with Crippen LogP contribution in [-0.2, 0) is 27.3 Å². The Balaban J connectivity index is 1.29. The Hall–Kier alpha value is -3.43. The quantitative estimate of drug-likeness (QED) is 0.549. The molecule has 3 amide bonds. The number of nitrogens with one attached hydrogen (secondary N) is 4. The molecule has 0 radical (unpaired) electrons. The van der Waals surface area contributed by atoms with Crippen LogP contribution in [0.3, 0.4) is 0 Å². The highest BCUT2D eigenvalue weighted by atomic mass is 16.5. The molecule has 0 aromatic heterocycles. The number of amides is 3. The summed E-state index contributed by atoms with van der Waals surface area (Å²) in [5.74, 6) is -1.65. The molecule has 2 aromatic carbocycles. The van der Waals surface area contributed by atoms with E-state index in [9.17, 15) is 14.4 Å². The second-order valence-corrected chi connectivity index (χ2v) is 8.67.